The number of aliphatic hydroxyl groups excluding tert-OH is 1. The van der Waals surface area contributed by atoms with E-state index in [-0.39, 0.29) is 19.3 Å². The molecular formula is C20H19N3O4. The SMILES string of the molecule is CN1C(=O)/C(=C/c2ccc3c(c2)OCO3)N=C1Nc1ccc(CCO)cc1. The van der Waals surface area contributed by atoms with Crippen LogP contribution in [0.5, 0.6) is 11.5 Å². The molecule has 2 heterocycles. The number of hydrogen-bond acceptors (Lipinski definition) is 6. The van der Waals surface area contributed by atoms with E-state index in [1.807, 2.05) is 42.5 Å². The van der Waals surface area contributed by atoms with Crippen molar-refractivity contribution in [3.8, 4) is 11.5 Å². The van der Waals surface area contributed by atoms with Gasteiger partial charge in [-0.1, -0.05) is 18.2 Å². The van der Waals surface area contributed by atoms with Gasteiger partial charge in [0.2, 0.25) is 12.8 Å². The van der Waals surface area contributed by atoms with Gasteiger partial charge in [0, 0.05) is 19.3 Å². The quantitative estimate of drug-likeness (QED) is 0.812. The fourth-order valence-corrected chi connectivity index (χ4v) is 2.88. The Kier molecular flexibility index (Phi) is 4.52. The number of carbonyl (C=O) groups excluding carboxylic acids is 1. The van der Waals surface area contributed by atoms with Crippen molar-refractivity contribution in [2.75, 3.05) is 25.8 Å². The summed E-state index contributed by atoms with van der Waals surface area (Å²) in [6.45, 7) is 0.324. The lowest BCUT2D eigenvalue weighted by Gasteiger charge is -2.13. The third-order valence-corrected chi connectivity index (χ3v) is 4.38. The van der Waals surface area contributed by atoms with Crippen molar-refractivity contribution in [1.82, 2.24) is 4.90 Å². The van der Waals surface area contributed by atoms with Gasteiger partial charge in [-0.05, 0) is 47.9 Å². The van der Waals surface area contributed by atoms with Gasteiger partial charge in [0.05, 0.1) is 0 Å². The predicted octanol–water partition coefficient (Wildman–Crippen LogP) is 2.23. The van der Waals surface area contributed by atoms with E-state index in [1.54, 1.807) is 13.1 Å². The second-order valence-corrected chi connectivity index (χ2v) is 6.24. The Hall–Kier alpha value is -3.32. The van der Waals surface area contributed by atoms with Crippen LogP contribution >= 0.6 is 0 Å². The van der Waals surface area contributed by atoms with E-state index in [2.05, 4.69) is 10.3 Å². The van der Waals surface area contributed by atoms with Gasteiger partial charge in [-0.2, -0.15) is 0 Å². The molecule has 1 amide bonds. The van der Waals surface area contributed by atoms with Crippen molar-refractivity contribution >= 4 is 23.6 Å². The van der Waals surface area contributed by atoms with Crippen molar-refractivity contribution in [1.29, 1.82) is 0 Å². The molecule has 4 rings (SSSR count). The van der Waals surface area contributed by atoms with E-state index in [4.69, 9.17) is 14.6 Å². The van der Waals surface area contributed by atoms with Gasteiger partial charge in [-0.15, -0.1) is 0 Å². The maximum absolute atomic E-state index is 12.5. The van der Waals surface area contributed by atoms with Crippen LogP contribution < -0.4 is 14.8 Å². The zero-order valence-electron chi connectivity index (χ0n) is 14.8. The molecule has 0 atom stereocenters. The molecule has 0 fully saturated rings. The number of nitrogens with one attached hydrogen (secondary N) is 1. The molecule has 0 aliphatic carbocycles. The molecule has 0 saturated heterocycles. The molecule has 138 valence electrons. The van der Waals surface area contributed by atoms with Gasteiger partial charge in [-0.25, -0.2) is 4.99 Å². The van der Waals surface area contributed by atoms with Crippen molar-refractivity contribution in [3.05, 3.63) is 59.3 Å². The summed E-state index contributed by atoms with van der Waals surface area (Å²) in [5.74, 6) is 1.63. The van der Waals surface area contributed by atoms with Gasteiger partial charge < -0.3 is 19.9 Å². The molecule has 0 saturated carbocycles. The molecule has 0 unspecified atom stereocenters. The molecule has 0 bridgehead atoms. The first kappa shape index (κ1) is 17.1. The molecule has 0 aromatic heterocycles. The number of amides is 1. The molecule has 27 heavy (non-hydrogen) atoms. The summed E-state index contributed by atoms with van der Waals surface area (Å²) < 4.78 is 10.7. The summed E-state index contributed by atoms with van der Waals surface area (Å²) in [6.07, 6.45) is 2.34. The third kappa shape index (κ3) is 3.50. The van der Waals surface area contributed by atoms with Crippen LogP contribution in [0.3, 0.4) is 0 Å². The van der Waals surface area contributed by atoms with E-state index in [0.29, 0.717) is 29.6 Å². The smallest absolute Gasteiger partial charge is 0.279 e. The molecule has 2 N–H and O–H groups in total. The van der Waals surface area contributed by atoms with Gasteiger partial charge >= 0.3 is 0 Å². The molecule has 2 aromatic rings. The number of anilines is 1. The molecule has 0 radical (unpaired) electrons. The molecule has 7 nitrogen and oxygen atoms in total. The summed E-state index contributed by atoms with van der Waals surface area (Å²) in [4.78, 5) is 18.4. The van der Waals surface area contributed by atoms with Crippen molar-refractivity contribution in [3.63, 3.8) is 0 Å². The average Bonchev–Trinajstić information content (AvgIpc) is 3.24. The van der Waals surface area contributed by atoms with Crippen molar-refractivity contribution in [2.45, 2.75) is 6.42 Å². The highest BCUT2D eigenvalue weighted by Gasteiger charge is 2.27. The molecule has 7 heteroatoms. The Morgan fingerprint density at radius 1 is 1.19 bits per heavy atom. The third-order valence-electron chi connectivity index (χ3n) is 4.38. The summed E-state index contributed by atoms with van der Waals surface area (Å²) in [5.41, 5.74) is 3.02. The van der Waals surface area contributed by atoms with E-state index >= 15 is 0 Å². The second kappa shape index (κ2) is 7.13. The van der Waals surface area contributed by atoms with Crippen molar-refractivity contribution < 1.29 is 19.4 Å². The first-order valence-electron chi connectivity index (χ1n) is 8.59. The van der Waals surface area contributed by atoms with Crippen LogP contribution in [0.2, 0.25) is 0 Å². The minimum absolute atomic E-state index is 0.116. The Morgan fingerprint density at radius 2 is 1.96 bits per heavy atom. The molecule has 2 aromatic carbocycles. The highest BCUT2D eigenvalue weighted by Crippen LogP contribution is 2.33. The highest BCUT2D eigenvalue weighted by molar-refractivity contribution is 6.17. The highest BCUT2D eigenvalue weighted by atomic mass is 16.7. The lowest BCUT2D eigenvalue weighted by molar-refractivity contribution is -0.121. The zero-order valence-corrected chi connectivity index (χ0v) is 14.8. The van der Waals surface area contributed by atoms with Crippen LogP contribution in [0, 0.1) is 0 Å². The number of rotatable bonds is 4. The van der Waals surface area contributed by atoms with E-state index in [1.165, 1.54) is 4.90 Å². The Morgan fingerprint density at radius 3 is 2.74 bits per heavy atom. The second-order valence-electron chi connectivity index (χ2n) is 6.24. The van der Waals surface area contributed by atoms with Gasteiger partial charge in [0.25, 0.3) is 5.91 Å². The van der Waals surface area contributed by atoms with Gasteiger partial charge in [0.15, 0.2) is 11.5 Å². The van der Waals surface area contributed by atoms with Crippen LogP contribution in [0.1, 0.15) is 11.1 Å². The van der Waals surface area contributed by atoms with Crippen LogP contribution in [0.25, 0.3) is 6.08 Å². The van der Waals surface area contributed by atoms with Crippen LogP contribution in [-0.4, -0.2) is 42.3 Å². The molecule has 2 aliphatic rings. The summed E-state index contributed by atoms with van der Waals surface area (Å²) in [7, 11) is 1.68. The Balaban J connectivity index is 1.54. The Labute approximate surface area is 156 Å². The monoisotopic (exact) mass is 365 g/mol. The lowest BCUT2D eigenvalue weighted by Crippen LogP contribution is -2.32. The summed E-state index contributed by atoms with van der Waals surface area (Å²) >= 11 is 0. The Bertz CT molecular complexity index is 935. The number of aliphatic imine (C=N–C) groups is 1. The first-order valence-corrected chi connectivity index (χ1v) is 8.59. The zero-order chi connectivity index (χ0) is 18.8. The fourth-order valence-electron chi connectivity index (χ4n) is 2.88. The normalized spacial score (nSPS) is 16.8. The number of hydrogen-bond donors (Lipinski definition) is 2. The molecule has 2 aliphatic heterocycles. The van der Waals surface area contributed by atoms with Crippen molar-refractivity contribution in [2.24, 2.45) is 4.99 Å². The van der Waals surface area contributed by atoms with E-state index < -0.39 is 0 Å². The summed E-state index contributed by atoms with van der Waals surface area (Å²) in [6, 6.07) is 13.1. The van der Waals surface area contributed by atoms with E-state index in [9.17, 15) is 4.79 Å². The minimum atomic E-state index is -0.188. The number of ether oxygens (including phenoxy) is 2. The first-order chi connectivity index (χ1) is 13.1. The van der Waals surface area contributed by atoms with Crippen LogP contribution in [-0.2, 0) is 11.2 Å². The minimum Gasteiger partial charge on any atom is -0.454 e. The van der Waals surface area contributed by atoms with Crippen LogP contribution in [0.15, 0.2) is 53.2 Å². The molecule has 0 spiro atoms. The maximum atomic E-state index is 12.5. The number of aliphatic hydroxyl groups is 1. The largest absolute Gasteiger partial charge is 0.454 e. The predicted molar refractivity (Wildman–Crippen MR) is 102 cm³/mol. The lowest BCUT2D eigenvalue weighted by atomic mass is 10.1. The maximum Gasteiger partial charge on any atom is 0.279 e. The topological polar surface area (TPSA) is 83.4 Å². The van der Waals surface area contributed by atoms with E-state index in [0.717, 1.165) is 16.8 Å². The van der Waals surface area contributed by atoms with Crippen LogP contribution in [0.4, 0.5) is 5.69 Å². The van der Waals surface area contributed by atoms with Gasteiger partial charge in [0.1, 0.15) is 5.70 Å². The number of nitrogens with zero attached hydrogens (tertiary/aromatic N) is 2. The average molecular weight is 365 g/mol. The van der Waals surface area contributed by atoms with Gasteiger partial charge in [-0.3, -0.25) is 9.69 Å². The number of likely N-dealkylation sites (N-methyl/N-ethyl adjacent to an activating group) is 1. The standard InChI is InChI=1S/C20H19N3O4/c1-23-19(25)16(10-14-4-7-17-18(11-14)27-12-26-17)22-20(23)21-15-5-2-13(3-6-15)8-9-24/h2-7,10-11,24H,8-9,12H2,1H3,(H,21,22)/b16-10-. The number of fused-ring (bicyclic) bond motifs is 1. The number of guanidine groups is 1. The summed E-state index contributed by atoms with van der Waals surface area (Å²) in [5, 5.41) is 12.1. The number of benzene rings is 2. The fraction of sp³-hybridized carbons (Fsp3) is 0.200. The number of carbonyl (C=O) groups is 1. The molecular weight excluding hydrogens is 346 g/mol.